The van der Waals surface area contributed by atoms with Gasteiger partial charge in [-0.3, -0.25) is 0 Å². The number of likely N-dealkylation sites (tertiary alicyclic amines) is 1. The molecule has 1 fully saturated rings. The maximum Gasteiger partial charge on any atom is 0.326 e. The Balaban J connectivity index is 2.46. The van der Waals surface area contributed by atoms with Crippen LogP contribution in [0.2, 0.25) is 0 Å². The van der Waals surface area contributed by atoms with Gasteiger partial charge in [-0.1, -0.05) is 20.8 Å². The van der Waals surface area contributed by atoms with Crippen LogP contribution in [-0.4, -0.2) is 41.1 Å². The molecule has 2 amide bonds. The maximum atomic E-state index is 11.8. The number of carboxylic acid groups (broad SMARTS) is 1. The Morgan fingerprint density at radius 1 is 1.35 bits per heavy atom. The van der Waals surface area contributed by atoms with Gasteiger partial charge in [0.05, 0.1) is 0 Å². The normalized spacial score (nSPS) is 20.8. The second-order valence-corrected chi connectivity index (χ2v) is 5.40. The molecule has 0 aromatic heterocycles. The number of urea groups is 1. The maximum absolute atomic E-state index is 11.8. The number of amides is 2. The number of hydrogen-bond acceptors (Lipinski definition) is 2. The third-order valence-electron chi connectivity index (χ3n) is 3.41. The van der Waals surface area contributed by atoms with E-state index in [1.807, 2.05) is 0 Å². The summed E-state index contributed by atoms with van der Waals surface area (Å²) >= 11 is 0. The lowest BCUT2D eigenvalue weighted by atomic mass is 9.83. The molecule has 1 aliphatic heterocycles. The Morgan fingerprint density at radius 3 is 2.29 bits per heavy atom. The number of carbonyl (C=O) groups is 2. The highest BCUT2D eigenvalue weighted by atomic mass is 16.4. The molecule has 17 heavy (non-hydrogen) atoms. The number of carboxylic acids is 1. The van der Waals surface area contributed by atoms with Crippen LogP contribution in [0.25, 0.3) is 0 Å². The number of rotatable bonds is 3. The van der Waals surface area contributed by atoms with Gasteiger partial charge in [-0.2, -0.15) is 0 Å². The lowest BCUT2D eigenvalue weighted by molar-refractivity contribution is -0.139. The predicted molar refractivity (Wildman–Crippen MR) is 64.8 cm³/mol. The summed E-state index contributed by atoms with van der Waals surface area (Å²) in [4.78, 5) is 24.4. The number of hydrogen-bond donors (Lipinski definition) is 2. The molecule has 0 aliphatic carbocycles. The van der Waals surface area contributed by atoms with Gasteiger partial charge in [0.2, 0.25) is 0 Å². The summed E-state index contributed by atoms with van der Waals surface area (Å²) in [6, 6.07) is -1.04. The summed E-state index contributed by atoms with van der Waals surface area (Å²) in [5.41, 5.74) is 0.285. The second-order valence-electron chi connectivity index (χ2n) is 5.40. The molecule has 0 bridgehead atoms. The standard InChI is InChI=1S/C12H22N2O3/c1-4-9(10(15)16)13-11(17)14-7-5-12(2,3)6-8-14/h9H,4-8H2,1-3H3,(H,13,17)(H,15,16). The molecule has 0 spiro atoms. The Morgan fingerprint density at radius 2 is 1.88 bits per heavy atom. The number of carbonyl (C=O) groups excluding carboxylic acids is 1. The molecular weight excluding hydrogens is 220 g/mol. The van der Waals surface area contributed by atoms with Gasteiger partial charge in [0.25, 0.3) is 0 Å². The highest BCUT2D eigenvalue weighted by Crippen LogP contribution is 2.29. The van der Waals surface area contributed by atoms with Gasteiger partial charge in [0.15, 0.2) is 0 Å². The first-order valence-electron chi connectivity index (χ1n) is 6.14. The third kappa shape index (κ3) is 3.91. The fraction of sp³-hybridized carbons (Fsp3) is 0.833. The number of nitrogens with zero attached hydrogens (tertiary/aromatic N) is 1. The van der Waals surface area contributed by atoms with E-state index in [0.29, 0.717) is 19.5 Å². The summed E-state index contributed by atoms with van der Waals surface area (Å²) in [5, 5.41) is 11.4. The van der Waals surface area contributed by atoms with Crippen LogP contribution in [0.5, 0.6) is 0 Å². The monoisotopic (exact) mass is 242 g/mol. The van der Waals surface area contributed by atoms with Crippen molar-refractivity contribution < 1.29 is 14.7 Å². The number of nitrogens with one attached hydrogen (secondary N) is 1. The van der Waals surface area contributed by atoms with Crippen LogP contribution in [0.1, 0.15) is 40.0 Å². The molecule has 98 valence electrons. The van der Waals surface area contributed by atoms with Crippen LogP contribution in [-0.2, 0) is 4.79 Å². The minimum absolute atomic E-state index is 0.255. The van der Waals surface area contributed by atoms with Crippen molar-refractivity contribution in [1.29, 1.82) is 0 Å². The number of aliphatic carboxylic acids is 1. The van der Waals surface area contributed by atoms with Crippen LogP contribution in [0.3, 0.4) is 0 Å². The van der Waals surface area contributed by atoms with Crippen LogP contribution in [0, 0.1) is 5.41 Å². The first-order valence-corrected chi connectivity index (χ1v) is 6.14. The van der Waals surface area contributed by atoms with E-state index >= 15 is 0 Å². The minimum atomic E-state index is -0.974. The molecule has 5 nitrogen and oxygen atoms in total. The summed E-state index contributed by atoms with van der Waals surface area (Å²) in [5.74, 6) is -0.974. The van der Waals surface area contributed by atoms with E-state index in [9.17, 15) is 9.59 Å². The Labute approximate surface area is 102 Å². The lowest BCUT2D eigenvalue weighted by Crippen LogP contribution is -2.50. The van der Waals surface area contributed by atoms with Gasteiger partial charge in [-0.05, 0) is 24.7 Å². The predicted octanol–water partition coefficient (Wildman–Crippen LogP) is 1.68. The Kier molecular flexibility index (Phi) is 4.37. The summed E-state index contributed by atoms with van der Waals surface area (Å²) in [7, 11) is 0. The van der Waals surface area contributed by atoms with Crippen molar-refractivity contribution in [1.82, 2.24) is 10.2 Å². The summed E-state index contributed by atoms with van der Waals surface area (Å²) in [6.45, 7) is 7.53. The van der Waals surface area contributed by atoms with Crippen molar-refractivity contribution in [3.8, 4) is 0 Å². The zero-order valence-corrected chi connectivity index (χ0v) is 10.8. The van der Waals surface area contributed by atoms with Gasteiger partial charge in [0.1, 0.15) is 6.04 Å². The molecule has 2 N–H and O–H groups in total. The van der Waals surface area contributed by atoms with Crippen molar-refractivity contribution >= 4 is 12.0 Å². The highest BCUT2D eigenvalue weighted by molar-refractivity contribution is 5.82. The smallest absolute Gasteiger partial charge is 0.326 e. The van der Waals surface area contributed by atoms with Gasteiger partial charge in [-0.25, -0.2) is 9.59 Å². The van der Waals surface area contributed by atoms with Crippen LogP contribution in [0.4, 0.5) is 4.79 Å². The molecule has 1 atom stereocenters. The van der Waals surface area contributed by atoms with E-state index in [4.69, 9.17) is 5.11 Å². The molecule has 1 rings (SSSR count). The molecule has 1 saturated heterocycles. The average molecular weight is 242 g/mol. The average Bonchev–Trinajstić information content (AvgIpc) is 2.25. The van der Waals surface area contributed by atoms with Gasteiger partial charge >= 0.3 is 12.0 Å². The van der Waals surface area contributed by atoms with Crippen LogP contribution < -0.4 is 5.32 Å². The summed E-state index contributed by atoms with van der Waals surface area (Å²) in [6.07, 6.45) is 2.33. The summed E-state index contributed by atoms with van der Waals surface area (Å²) < 4.78 is 0. The molecule has 0 saturated carbocycles. The van der Waals surface area contributed by atoms with Crippen LogP contribution >= 0.6 is 0 Å². The second kappa shape index (κ2) is 5.38. The Bertz CT molecular complexity index is 292. The molecule has 5 heteroatoms. The fourth-order valence-corrected chi connectivity index (χ4v) is 1.89. The van der Waals surface area contributed by atoms with E-state index in [-0.39, 0.29) is 11.4 Å². The zero-order valence-electron chi connectivity index (χ0n) is 10.8. The van der Waals surface area contributed by atoms with E-state index in [2.05, 4.69) is 19.2 Å². The van der Waals surface area contributed by atoms with Crippen molar-refractivity contribution in [3.63, 3.8) is 0 Å². The first-order chi connectivity index (χ1) is 7.85. The van der Waals surface area contributed by atoms with Crippen molar-refractivity contribution in [2.75, 3.05) is 13.1 Å². The van der Waals surface area contributed by atoms with Gasteiger partial charge in [0, 0.05) is 13.1 Å². The quantitative estimate of drug-likeness (QED) is 0.791. The molecule has 1 heterocycles. The van der Waals surface area contributed by atoms with E-state index in [1.54, 1.807) is 11.8 Å². The Hall–Kier alpha value is -1.26. The number of piperidine rings is 1. The fourth-order valence-electron chi connectivity index (χ4n) is 1.89. The lowest BCUT2D eigenvalue weighted by Gasteiger charge is -2.37. The van der Waals surface area contributed by atoms with E-state index in [1.165, 1.54) is 0 Å². The van der Waals surface area contributed by atoms with Crippen molar-refractivity contribution in [2.24, 2.45) is 5.41 Å². The van der Waals surface area contributed by atoms with Gasteiger partial charge in [-0.15, -0.1) is 0 Å². The molecule has 0 aromatic carbocycles. The van der Waals surface area contributed by atoms with Crippen LogP contribution in [0.15, 0.2) is 0 Å². The topological polar surface area (TPSA) is 69.6 Å². The molecule has 0 radical (unpaired) electrons. The molecule has 0 aromatic rings. The minimum Gasteiger partial charge on any atom is -0.480 e. The molecule has 1 unspecified atom stereocenters. The zero-order chi connectivity index (χ0) is 13.1. The highest BCUT2D eigenvalue weighted by Gasteiger charge is 2.29. The van der Waals surface area contributed by atoms with E-state index in [0.717, 1.165) is 12.8 Å². The SMILES string of the molecule is CCC(NC(=O)N1CCC(C)(C)CC1)C(=O)O. The van der Waals surface area contributed by atoms with E-state index < -0.39 is 12.0 Å². The molecule has 1 aliphatic rings. The molecular formula is C12H22N2O3. The van der Waals surface area contributed by atoms with Crippen molar-refractivity contribution in [2.45, 2.75) is 46.1 Å². The first kappa shape index (κ1) is 13.8. The largest absolute Gasteiger partial charge is 0.480 e. The van der Waals surface area contributed by atoms with Crippen molar-refractivity contribution in [3.05, 3.63) is 0 Å². The van der Waals surface area contributed by atoms with Gasteiger partial charge < -0.3 is 15.3 Å². The third-order valence-corrected chi connectivity index (χ3v) is 3.41.